The molecule has 5 nitrogen and oxygen atoms in total. The van der Waals surface area contributed by atoms with E-state index in [1.165, 1.54) is 11.8 Å². The third kappa shape index (κ3) is 4.33. The van der Waals surface area contributed by atoms with Crippen LogP contribution in [0.3, 0.4) is 0 Å². The number of para-hydroxylation sites is 1. The van der Waals surface area contributed by atoms with Gasteiger partial charge in [-0.3, -0.25) is 9.69 Å². The largest absolute Gasteiger partial charge is 0.497 e. The summed E-state index contributed by atoms with van der Waals surface area (Å²) in [6.07, 6.45) is 2.36. The molecule has 0 unspecified atom stereocenters. The van der Waals surface area contributed by atoms with Crippen LogP contribution in [0.1, 0.15) is 12.0 Å². The fraction of sp³-hybridized carbons (Fsp3) is 0.200. The number of methoxy groups -OCH3 is 1. The molecule has 6 heteroatoms. The van der Waals surface area contributed by atoms with Gasteiger partial charge in [0.05, 0.1) is 17.7 Å². The molecular formula is C20H20N2O3S. The minimum Gasteiger partial charge on any atom is -0.497 e. The van der Waals surface area contributed by atoms with E-state index in [2.05, 4.69) is 4.99 Å². The van der Waals surface area contributed by atoms with Gasteiger partial charge in [0.15, 0.2) is 5.17 Å². The van der Waals surface area contributed by atoms with Gasteiger partial charge >= 0.3 is 0 Å². The summed E-state index contributed by atoms with van der Waals surface area (Å²) in [7, 11) is 1.62. The first-order chi connectivity index (χ1) is 12.7. The number of aliphatic hydroxyl groups is 1. The topological polar surface area (TPSA) is 62.1 Å². The van der Waals surface area contributed by atoms with Gasteiger partial charge in [-0.2, -0.15) is 0 Å². The Bertz CT molecular complexity index is 817. The van der Waals surface area contributed by atoms with Gasteiger partial charge in [-0.1, -0.05) is 30.3 Å². The van der Waals surface area contributed by atoms with E-state index >= 15 is 0 Å². The lowest BCUT2D eigenvalue weighted by Gasteiger charge is -2.14. The molecule has 0 aromatic heterocycles. The predicted octanol–water partition coefficient (Wildman–Crippen LogP) is 3.68. The van der Waals surface area contributed by atoms with Crippen LogP contribution in [0.25, 0.3) is 6.08 Å². The number of carbonyl (C=O) groups is 1. The smallest absolute Gasteiger partial charge is 0.266 e. The van der Waals surface area contributed by atoms with Crippen molar-refractivity contribution < 1.29 is 14.6 Å². The molecule has 0 atom stereocenters. The molecule has 134 valence electrons. The Morgan fingerprint density at radius 1 is 1.15 bits per heavy atom. The summed E-state index contributed by atoms with van der Waals surface area (Å²) >= 11 is 1.35. The Kier molecular flexibility index (Phi) is 6.09. The first-order valence-electron chi connectivity index (χ1n) is 8.31. The molecule has 1 fully saturated rings. The lowest BCUT2D eigenvalue weighted by atomic mass is 10.2. The van der Waals surface area contributed by atoms with Crippen LogP contribution < -0.4 is 4.74 Å². The van der Waals surface area contributed by atoms with E-state index in [4.69, 9.17) is 9.84 Å². The van der Waals surface area contributed by atoms with E-state index in [1.807, 2.05) is 60.7 Å². The van der Waals surface area contributed by atoms with Gasteiger partial charge in [-0.05, 0) is 54.1 Å². The van der Waals surface area contributed by atoms with Crippen molar-refractivity contribution in [2.45, 2.75) is 6.42 Å². The molecule has 1 aliphatic heterocycles. The van der Waals surface area contributed by atoms with Crippen molar-refractivity contribution in [2.24, 2.45) is 4.99 Å². The molecule has 2 aromatic rings. The van der Waals surface area contributed by atoms with Gasteiger partial charge in [0.1, 0.15) is 5.75 Å². The van der Waals surface area contributed by atoms with Gasteiger partial charge in [-0.15, -0.1) is 0 Å². The zero-order valence-corrected chi connectivity index (χ0v) is 15.3. The summed E-state index contributed by atoms with van der Waals surface area (Å²) in [6.45, 7) is 0.471. The Balaban J connectivity index is 1.89. The number of amides is 1. The standard InChI is InChI=1S/C20H20N2O3S/c1-25-17-10-8-15(9-11-17)14-18-19(24)22(12-5-13-23)20(26-18)21-16-6-3-2-4-7-16/h2-4,6-11,14,23H,5,12-13H2,1H3/b18-14-,21-20?. The maximum absolute atomic E-state index is 12.8. The first-order valence-corrected chi connectivity index (χ1v) is 9.13. The molecule has 3 rings (SSSR count). The van der Waals surface area contributed by atoms with Gasteiger partial charge < -0.3 is 9.84 Å². The predicted molar refractivity (Wildman–Crippen MR) is 106 cm³/mol. The van der Waals surface area contributed by atoms with E-state index in [-0.39, 0.29) is 12.5 Å². The number of nitrogens with zero attached hydrogens (tertiary/aromatic N) is 2. The van der Waals surface area contributed by atoms with Crippen molar-refractivity contribution >= 4 is 34.6 Å². The summed E-state index contributed by atoms with van der Waals surface area (Å²) in [4.78, 5) is 19.6. The number of benzene rings is 2. The van der Waals surface area contributed by atoms with E-state index in [0.29, 0.717) is 23.0 Å². The van der Waals surface area contributed by atoms with Crippen LogP contribution in [0.5, 0.6) is 5.75 Å². The quantitative estimate of drug-likeness (QED) is 0.790. The van der Waals surface area contributed by atoms with Crippen molar-refractivity contribution in [2.75, 3.05) is 20.3 Å². The zero-order valence-electron chi connectivity index (χ0n) is 14.5. The second kappa shape index (κ2) is 8.69. The number of aliphatic hydroxyl groups excluding tert-OH is 1. The number of hydrogen-bond donors (Lipinski definition) is 1. The Labute approximate surface area is 157 Å². The monoisotopic (exact) mass is 368 g/mol. The molecule has 1 aliphatic rings. The average Bonchev–Trinajstić information content (AvgIpc) is 2.96. The highest BCUT2D eigenvalue weighted by atomic mass is 32.2. The fourth-order valence-electron chi connectivity index (χ4n) is 2.48. The molecule has 26 heavy (non-hydrogen) atoms. The number of rotatable bonds is 6. The van der Waals surface area contributed by atoms with Crippen LogP contribution >= 0.6 is 11.8 Å². The van der Waals surface area contributed by atoms with Crippen LogP contribution in [0.2, 0.25) is 0 Å². The Morgan fingerprint density at radius 2 is 1.88 bits per heavy atom. The number of ether oxygens (including phenoxy) is 1. The van der Waals surface area contributed by atoms with Gasteiger partial charge in [0.2, 0.25) is 0 Å². The molecule has 1 saturated heterocycles. The van der Waals surface area contributed by atoms with Gasteiger partial charge in [-0.25, -0.2) is 4.99 Å². The Hall–Kier alpha value is -2.57. The second-order valence-electron chi connectivity index (χ2n) is 5.65. The van der Waals surface area contributed by atoms with Crippen LogP contribution in [0, 0.1) is 0 Å². The van der Waals surface area contributed by atoms with Crippen LogP contribution in [0.15, 0.2) is 64.5 Å². The van der Waals surface area contributed by atoms with Crippen molar-refractivity contribution in [3.63, 3.8) is 0 Å². The highest BCUT2D eigenvalue weighted by Gasteiger charge is 2.32. The van der Waals surface area contributed by atoms with Crippen molar-refractivity contribution in [1.82, 2.24) is 4.90 Å². The molecule has 2 aromatic carbocycles. The molecule has 1 heterocycles. The summed E-state index contributed by atoms with van der Waals surface area (Å²) in [5.74, 6) is 0.683. The number of thioether (sulfide) groups is 1. The van der Waals surface area contributed by atoms with Gasteiger partial charge in [0.25, 0.3) is 5.91 Å². The summed E-state index contributed by atoms with van der Waals surface area (Å²) in [5, 5.41) is 9.76. The Morgan fingerprint density at radius 3 is 2.54 bits per heavy atom. The van der Waals surface area contributed by atoms with Crippen molar-refractivity contribution in [3.8, 4) is 5.75 Å². The highest BCUT2D eigenvalue weighted by molar-refractivity contribution is 8.18. The van der Waals surface area contributed by atoms with E-state index in [9.17, 15) is 4.79 Å². The number of aliphatic imine (C=N–C) groups is 1. The molecular weight excluding hydrogens is 348 g/mol. The first kappa shape index (κ1) is 18.2. The van der Waals surface area contributed by atoms with Crippen molar-refractivity contribution in [1.29, 1.82) is 0 Å². The number of hydrogen-bond acceptors (Lipinski definition) is 5. The summed E-state index contributed by atoms with van der Waals surface area (Å²) in [5.41, 5.74) is 1.72. The second-order valence-corrected chi connectivity index (χ2v) is 6.66. The van der Waals surface area contributed by atoms with Crippen LogP contribution in [-0.2, 0) is 4.79 Å². The average molecular weight is 368 g/mol. The summed E-state index contributed by atoms with van der Waals surface area (Å²) < 4.78 is 5.16. The molecule has 0 radical (unpaired) electrons. The molecule has 0 bridgehead atoms. The maximum atomic E-state index is 12.8. The molecule has 1 amide bonds. The summed E-state index contributed by atoms with van der Waals surface area (Å²) in [6, 6.07) is 17.1. The molecule has 0 aliphatic carbocycles. The number of amidine groups is 1. The van der Waals surface area contributed by atoms with E-state index in [1.54, 1.807) is 12.0 Å². The molecule has 0 spiro atoms. The van der Waals surface area contributed by atoms with Crippen LogP contribution in [0.4, 0.5) is 5.69 Å². The third-order valence-electron chi connectivity index (χ3n) is 3.82. The van der Waals surface area contributed by atoms with Crippen molar-refractivity contribution in [3.05, 3.63) is 65.1 Å². The fourth-order valence-corrected chi connectivity index (χ4v) is 3.51. The zero-order chi connectivity index (χ0) is 18.4. The third-order valence-corrected chi connectivity index (χ3v) is 4.83. The lowest BCUT2D eigenvalue weighted by molar-refractivity contribution is -0.122. The minimum atomic E-state index is -0.0889. The SMILES string of the molecule is COc1ccc(/C=C2\SC(=Nc3ccccc3)N(CCCO)C2=O)cc1. The van der Waals surface area contributed by atoms with Gasteiger partial charge in [0, 0.05) is 13.2 Å². The number of carbonyl (C=O) groups excluding carboxylic acids is 1. The van der Waals surface area contributed by atoms with E-state index < -0.39 is 0 Å². The minimum absolute atomic E-state index is 0.0323. The normalized spacial score (nSPS) is 17.3. The lowest BCUT2D eigenvalue weighted by Crippen LogP contribution is -2.30. The molecule has 0 saturated carbocycles. The highest BCUT2D eigenvalue weighted by Crippen LogP contribution is 2.34. The molecule has 1 N–H and O–H groups in total. The van der Waals surface area contributed by atoms with Crippen LogP contribution in [-0.4, -0.2) is 41.3 Å². The van der Waals surface area contributed by atoms with E-state index in [0.717, 1.165) is 17.0 Å². The maximum Gasteiger partial charge on any atom is 0.266 e.